The Balaban J connectivity index is 1.30. The lowest BCUT2D eigenvalue weighted by Crippen LogP contribution is -2.49. The lowest BCUT2D eigenvalue weighted by atomic mass is 10.1. The van der Waals surface area contributed by atoms with E-state index in [1.807, 2.05) is 18.2 Å². The zero-order chi connectivity index (χ0) is 23.4. The van der Waals surface area contributed by atoms with Crippen molar-refractivity contribution in [2.24, 2.45) is 0 Å². The third-order valence-corrected chi connectivity index (χ3v) is 6.47. The summed E-state index contributed by atoms with van der Waals surface area (Å²) in [5, 5.41) is 4.61. The number of sulfonamides is 1. The number of carbonyl (C=O) groups excluding carboxylic acids is 1. The van der Waals surface area contributed by atoms with Crippen LogP contribution in [0.4, 0.5) is 10.6 Å². The normalized spacial score (nSPS) is 18.3. The summed E-state index contributed by atoms with van der Waals surface area (Å²) in [5.41, 5.74) is 1.10. The standard InChI is InChI=1S/C21H28ClN5O5S/c1-33(29,30)24-20-4-7-27(23-20)21(28)26-10-8-25(9-11-26)15-16-2-3-18(22)19(14-16)32-17-5-12-31-13-6-17/h2-4,7,14,17H,5-6,8-13,15H2,1H3,(H,23,24). The van der Waals surface area contributed by atoms with E-state index >= 15 is 0 Å². The van der Waals surface area contributed by atoms with Crippen LogP contribution in [0, 0.1) is 0 Å². The Morgan fingerprint density at radius 3 is 2.64 bits per heavy atom. The molecule has 0 saturated carbocycles. The number of aromatic nitrogens is 2. The fourth-order valence-electron chi connectivity index (χ4n) is 3.89. The first-order chi connectivity index (χ1) is 15.8. The highest BCUT2D eigenvalue weighted by molar-refractivity contribution is 7.92. The largest absolute Gasteiger partial charge is 0.489 e. The predicted octanol–water partition coefficient (Wildman–Crippen LogP) is 2.25. The van der Waals surface area contributed by atoms with Crippen molar-refractivity contribution in [2.45, 2.75) is 25.5 Å². The molecule has 2 aliphatic rings. The van der Waals surface area contributed by atoms with Gasteiger partial charge in [-0.05, 0) is 17.7 Å². The molecule has 0 radical (unpaired) electrons. The maximum Gasteiger partial charge on any atom is 0.344 e. The molecule has 4 rings (SSSR count). The number of ether oxygens (including phenoxy) is 2. The molecule has 2 aromatic rings. The van der Waals surface area contributed by atoms with Crippen LogP contribution >= 0.6 is 11.6 Å². The van der Waals surface area contributed by atoms with Crippen LogP contribution < -0.4 is 9.46 Å². The summed E-state index contributed by atoms with van der Waals surface area (Å²) in [7, 11) is -3.45. The zero-order valence-corrected chi connectivity index (χ0v) is 20.0. The number of rotatable bonds is 6. The molecule has 1 aromatic carbocycles. The second kappa shape index (κ2) is 10.3. The number of nitrogens with one attached hydrogen (secondary N) is 1. The van der Waals surface area contributed by atoms with Gasteiger partial charge in [0.1, 0.15) is 11.9 Å². The molecule has 2 aliphatic heterocycles. The number of nitrogens with zero attached hydrogens (tertiary/aromatic N) is 4. The molecule has 10 nitrogen and oxygen atoms in total. The second-order valence-corrected chi connectivity index (χ2v) is 10.4. The van der Waals surface area contributed by atoms with Gasteiger partial charge in [0.15, 0.2) is 5.82 Å². The number of hydrogen-bond donors (Lipinski definition) is 1. The smallest absolute Gasteiger partial charge is 0.344 e. The molecule has 0 bridgehead atoms. The summed E-state index contributed by atoms with van der Waals surface area (Å²) in [4.78, 5) is 16.7. The lowest BCUT2D eigenvalue weighted by Gasteiger charge is -2.34. The van der Waals surface area contributed by atoms with Gasteiger partial charge in [0, 0.05) is 57.8 Å². The molecule has 0 aliphatic carbocycles. The zero-order valence-electron chi connectivity index (χ0n) is 18.4. The summed E-state index contributed by atoms with van der Waals surface area (Å²) < 4.78 is 37.6. The summed E-state index contributed by atoms with van der Waals surface area (Å²) in [6.45, 7) is 4.66. The molecular formula is C21H28ClN5O5S. The topological polar surface area (TPSA) is 106 Å². The van der Waals surface area contributed by atoms with Crippen LogP contribution in [0.2, 0.25) is 5.02 Å². The van der Waals surface area contributed by atoms with Crippen LogP contribution in [-0.2, 0) is 21.3 Å². The molecule has 33 heavy (non-hydrogen) atoms. The Labute approximate surface area is 198 Å². The van der Waals surface area contributed by atoms with E-state index < -0.39 is 10.0 Å². The first-order valence-electron chi connectivity index (χ1n) is 10.8. The first kappa shape index (κ1) is 23.8. The van der Waals surface area contributed by atoms with Gasteiger partial charge in [0.2, 0.25) is 10.0 Å². The van der Waals surface area contributed by atoms with Gasteiger partial charge in [-0.25, -0.2) is 13.2 Å². The van der Waals surface area contributed by atoms with Crippen molar-refractivity contribution < 1.29 is 22.7 Å². The van der Waals surface area contributed by atoms with Crippen molar-refractivity contribution in [1.82, 2.24) is 19.6 Å². The maximum absolute atomic E-state index is 12.7. The Morgan fingerprint density at radius 2 is 1.94 bits per heavy atom. The summed E-state index contributed by atoms with van der Waals surface area (Å²) in [6.07, 6.45) is 4.33. The molecule has 1 N–H and O–H groups in total. The molecular weight excluding hydrogens is 470 g/mol. The van der Waals surface area contributed by atoms with Crippen molar-refractivity contribution in [2.75, 3.05) is 50.4 Å². The van der Waals surface area contributed by atoms with Crippen LogP contribution in [0.3, 0.4) is 0 Å². The van der Waals surface area contributed by atoms with Gasteiger partial charge in [-0.15, -0.1) is 5.10 Å². The predicted molar refractivity (Wildman–Crippen MR) is 124 cm³/mol. The van der Waals surface area contributed by atoms with E-state index in [4.69, 9.17) is 21.1 Å². The molecule has 2 fully saturated rings. The van der Waals surface area contributed by atoms with Crippen molar-refractivity contribution in [3.8, 4) is 5.75 Å². The summed E-state index contributed by atoms with van der Waals surface area (Å²) in [6, 6.07) is 7.03. The number of halogens is 1. The molecule has 180 valence electrons. The van der Waals surface area contributed by atoms with Gasteiger partial charge in [0.25, 0.3) is 0 Å². The fourth-order valence-corrected chi connectivity index (χ4v) is 4.54. The Bertz CT molecular complexity index is 1080. The quantitative estimate of drug-likeness (QED) is 0.652. The van der Waals surface area contributed by atoms with E-state index in [2.05, 4.69) is 14.7 Å². The number of piperazine rings is 1. The van der Waals surface area contributed by atoms with Crippen molar-refractivity contribution in [1.29, 1.82) is 0 Å². The van der Waals surface area contributed by atoms with E-state index in [-0.39, 0.29) is 18.0 Å². The molecule has 0 spiro atoms. The molecule has 2 saturated heterocycles. The minimum absolute atomic E-state index is 0.117. The third kappa shape index (κ3) is 6.59. The molecule has 3 heterocycles. The summed E-state index contributed by atoms with van der Waals surface area (Å²) >= 11 is 6.35. The van der Waals surface area contributed by atoms with Gasteiger partial charge in [0.05, 0.1) is 24.5 Å². The molecule has 12 heteroatoms. The summed E-state index contributed by atoms with van der Waals surface area (Å²) in [5.74, 6) is 0.818. The molecule has 1 amide bonds. The van der Waals surface area contributed by atoms with Gasteiger partial charge in [-0.1, -0.05) is 17.7 Å². The number of anilines is 1. The lowest BCUT2D eigenvalue weighted by molar-refractivity contribution is 0.0255. The highest BCUT2D eigenvalue weighted by Crippen LogP contribution is 2.29. The van der Waals surface area contributed by atoms with E-state index in [9.17, 15) is 13.2 Å². The molecule has 0 atom stereocenters. The highest BCUT2D eigenvalue weighted by Gasteiger charge is 2.24. The average Bonchev–Trinajstić information content (AvgIpc) is 3.23. The van der Waals surface area contributed by atoms with E-state index in [0.29, 0.717) is 50.2 Å². The third-order valence-electron chi connectivity index (χ3n) is 5.58. The average molecular weight is 498 g/mol. The first-order valence-corrected chi connectivity index (χ1v) is 13.1. The van der Waals surface area contributed by atoms with Crippen LogP contribution in [0.15, 0.2) is 30.5 Å². The van der Waals surface area contributed by atoms with Crippen LogP contribution in [0.5, 0.6) is 5.75 Å². The van der Waals surface area contributed by atoms with E-state index in [1.165, 1.54) is 12.3 Å². The number of carbonyl (C=O) groups is 1. The number of benzene rings is 1. The molecule has 0 unspecified atom stereocenters. The van der Waals surface area contributed by atoms with Gasteiger partial charge < -0.3 is 14.4 Å². The van der Waals surface area contributed by atoms with Crippen molar-refractivity contribution in [3.05, 3.63) is 41.0 Å². The maximum atomic E-state index is 12.7. The number of hydrogen-bond acceptors (Lipinski definition) is 7. The fraction of sp³-hybridized carbons (Fsp3) is 0.524. The highest BCUT2D eigenvalue weighted by atomic mass is 35.5. The SMILES string of the molecule is CS(=O)(=O)Nc1ccn(C(=O)N2CCN(Cc3ccc(Cl)c(OC4CCOCC4)c3)CC2)n1. The monoisotopic (exact) mass is 497 g/mol. The minimum atomic E-state index is -3.45. The number of amides is 1. The minimum Gasteiger partial charge on any atom is -0.489 e. The van der Waals surface area contributed by atoms with Crippen LogP contribution in [-0.4, -0.2) is 85.8 Å². The molecule has 1 aromatic heterocycles. The van der Waals surface area contributed by atoms with Gasteiger partial charge in [-0.2, -0.15) is 4.68 Å². The van der Waals surface area contributed by atoms with Crippen molar-refractivity contribution in [3.63, 3.8) is 0 Å². The Kier molecular flexibility index (Phi) is 7.42. The van der Waals surface area contributed by atoms with E-state index in [0.717, 1.165) is 35.9 Å². The van der Waals surface area contributed by atoms with Crippen LogP contribution in [0.25, 0.3) is 0 Å². The second-order valence-electron chi connectivity index (χ2n) is 8.26. The van der Waals surface area contributed by atoms with Crippen molar-refractivity contribution >= 4 is 33.5 Å². The van der Waals surface area contributed by atoms with E-state index in [1.54, 1.807) is 4.90 Å². The van der Waals surface area contributed by atoms with Crippen LogP contribution in [0.1, 0.15) is 18.4 Å². The van der Waals surface area contributed by atoms with Gasteiger partial charge >= 0.3 is 6.03 Å². The van der Waals surface area contributed by atoms with Gasteiger partial charge in [-0.3, -0.25) is 9.62 Å². The Morgan fingerprint density at radius 1 is 1.21 bits per heavy atom. The Hall–Kier alpha value is -2.34.